The highest BCUT2D eigenvalue weighted by Crippen LogP contribution is 2.24. The van der Waals surface area contributed by atoms with Crippen LogP contribution in [-0.2, 0) is 6.42 Å². The Bertz CT molecular complexity index is 537. The Morgan fingerprint density at radius 1 is 1.35 bits per heavy atom. The zero-order chi connectivity index (χ0) is 12.1. The SMILES string of the molecule is CCCc1nc(-c2ccc(N=C=S)cc2)cs1. The fourth-order valence-electron chi connectivity index (χ4n) is 1.53. The maximum absolute atomic E-state index is 4.60. The Labute approximate surface area is 110 Å². The van der Waals surface area contributed by atoms with Crippen molar-refractivity contribution < 1.29 is 0 Å². The topological polar surface area (TPSA) is 25.2 Å². The zero-order valence-corrected chi connectivity index (χ0v) is 11.1. The summed E-state index contributed by atoms with van der Waals surface area (Å²) >= 11 is 6.29. The van der Waals surface area contributed by atoms with E-state index in [0.29, 0.717) is 0 Å². The molecule has 0 aliphatic carbocycles. The number of thiocarbonyl (C=S) groups is 1. The molecule has 0 saturated carbocycles. The third-order valence-electron chi connectivity index (χ3n) is 2.35. The van der Waals surface area contributed by atoms with Gasteiger partial charge in [-0.2, -0.15) is 4.99 Å². The van der Waals surface area contributed by atoms with E-state index in [4.69, 9.17) is 0 Å². The minimum Gasteiger partial charge on any atom is -0.241 e. The van der Waals surface area contributed by atoms with Gasteiger partial charge in [-0.05, 0) is 37.2 Å². The van der Waals surface area contributed by atoms with Gasteiger partial charge in [0, 0.05) is 10.9 Å². The van der Waals surface area contributed by atoms with E-state index in [1.54, 1.807) is 11.3 Å². The first-order valence-corrected chi connectivity index (χ1v) is 6.75. The molecule has 0 N–H and O–H groups in total. The van der Waals surface area contributed by atoms with Crippen molar-refractivity contribution in [1.29, 1.82) is 0 Å². The van der Waals surface area contributed by atoms with Crippen LogP contribution in [0.15, 0.2) is 34.6 Å². The monoisotopic (exact) mass is 260 g/mol. The van der Waals surface area contributed by atoms with Crippen LogP contribution in [0, 0.1) is 0 Å². The van der Waals surface area contributed by atoms with E-state index in [1.165, 1.54) is 5.01 Å². The molecule has 4 heteroatoms. The largest absolute Gasteiger partial charge is 0.241 e. The highest BCUT2D eigenvalue weighted by molar-refractivity contribution is 7.78. The van der Waals surface area contributed by atoms with E-state index in [1.807, 2.05) is 24.3 Å². The number of thiazole rings is 1. The quantitative estimate of drug-likeness (QED) is 0.597. The van der Waals surface area contributed by atoms with Gasteiger partial charge in [0.2, 0.25) is 0 Å². The van der Waals surface area contributed by atoms with Crippen LogP contribution in [0.5, 0.6) is 0 Å². The van der Waals surface area contributed by atoms with E-state index in [-0.39, 0.29) is 0 Å². The molecule has 1 aromatic heterocycles. The van der Waals surface area contributed by atoms with Crippen LogP contribution in [-0.4, -0.2) is 10.1 Å². The molecule has 1 aromatic carbocycles. The Hall–Kier alpha value is -1.35. The van der Waals surface area contributed by atoms with Gasteiger partial charge in [-0.3, -0.25) is 0 Å². The summed E-state index contributed by atoms with van der Waals surface area (Å²) in [5.41, 5.74) is 2.98. The van der Waals surface area contributed by atoms with Crippen molar-refractivity contribution >= 4 is 34.4 Å². The first-order chi connectivity index (χ1) is 8.33. The van der Waals surface area contributed by atoms with Crippen molar-refractivity contribution in [3.8, 4) is 11.3 Å². The summed E-state index contributed by atoms with van der Waals surface area (Å²) < 4.78 is 0. The Morgan fingerprint density at radius 2 is 2.12 bits per heavy atom. The van der Waals surface area contributed by atoms with E-state index in [0.717, 1.165) is 29.8 Å². The number of hydrogen-bond acceptors (Lipinski definition) is 4. The standard InChI is InChI=1S/C13H12N2S2/c1-2-3-13-15-12(8-17-13)10-4-6-11(7-5-10)14-9-16/h4-8H,2-3H2,1H3. The number of nitrogens with zero attached hydrogens (tertiary/aromatic N) is 2. The molecule has 0 unspecified atom stereocenters. The summed E-state index contributed by atoms with van der Waals surface area (Å²) in [7, 11) is 0. The van der Waals surface area contributed by atoms with Crippen LogP contribution in [0.2, 0.25) is 0 Å². The maximum atomic E-state index is 4.60. The summed E-state index contributed by atoms with van der Waals surface area (Å²) in [5, 5.41) is 5.66. The van der Waals surface area contributed by atoms with Crippen LogP contribution < -0.4 is 0 Å². The molecule has 2 rings (SSSR count). The van der Waals surface area contributed by atoms with Gasteiger partial charge in [-0.25, -0.2) is 4.98 Å². The van der Waals surface area contributed by atoms with Gasteiger partial charge >= 0.3 is 0 Å². The molecule has 17 heavy (non-hydrogen) atoms. The molecule has 0 aliphatic rings. The molecule has 0 bridgehead atoms. The third-order valence-corrected chi connectivity index (χ3v) is 3.35. The number of rotatable bonds is 4. The minimum absolute atomic E-state index is 0.827. The molecule has 0 spiro atoms. The van der Waals surface area contributed by atoms with Gasteiger partial charge < -0.3 is 0 Å². The van der Waals surface area contributed by atoms with Gasteiger partial charge in [-0.1, -0.05) is 19.1 Å². The average Bonchev–Trinajstić information content (AvgIpc) is 2.80. The molecule has 0 amide bonds. The van der Waals surface area contributed by atoms with Crippen LogP contribution in [0.4, 0.5) is 5.69 Å². The van der Waals surface area contributed by atoms with Crippen molar-refractivity contribution in [3.63, 3.8) is 0 Å². The van der Waals surface area contributed by atoms with Gasteiger partial charge in [0.25, 0.3) is 0 Å². The number of benzene rings is 1. The fourth-order valence-corrected chi connectivity index (χ4v) is 2.55. The van der Waals surface area contributed by atoms with Crippen LogP contribution >= 0.6 is 23.6 Å². The highest BCUT2D eigenvalue weighted by atomic mass is 32.1. The second-order valence-corrected chi connectivity index (χ2v) is 4.75. The summed E-state index contributed by atoms with van der Waals surface area (Å²) in [6.45, 7) is 2.17. The molecular formula is C13H12N2S2. The van der Waals surface area contributed by atoms with Gasteiger partial charge in [0.05, 0.1) is 21.6 Å². The lowest BCUT2D eigenvalue weighted by Crippen LogP contribution is -1.82. The van der Waals surface area contributed by atoms with Crippen molar-refractivity contribution in [3.05, 3.63) is 34.7 Å². The number of isothiocyanates is 1. The first kappa shape index (κ1) is 12.1. The van der Waals surface area contributed by atoms with Crippen LogP contribution in [0.25, 0.3) is 11.3 Å². The third kappa shape index (κ3) is 3.07. The molecule has 86 valence electrons. The Kier molecular flexibility index (Phi) is 4.15. The summed E-state index contributed by atoms with van der Waals surface area (Å²) in [5.74, 6) is 0. The second kappa shape index (κ2) is 5.82. The summed E-state index contributed by atoms with van der Waals surface area (Å²) in [6, 6.07) is 7.87. The van der Waals surface area contributed by atoms with Crippen LogP contribution in [0.3, 0.4) is 0 Å². The zero-order valence-electron chi connectivity index (χ0n) is 9.51. The molecule has 2 aromatic rings. The van der Waals surface area contributed by atoms with Gasteiger partial charge in [0.1, 0.15) is 0 Å². The van der Waals surface area contributed by atoms with E-state index < -0.39 is 0 Å². The minimum atomic E-state index is 0.827. The van der Waals surface area contributed by atoms with Crippen molar-refractivity contribution in [2.24, 2.45) is 4.99 Å². The highest BCUT2D eigenvalue weighted by Gasteiger charge is 2.03. The lowest BCUT2D eigenvalue weighted by Gasteiger charge is -1.96. The number of aromatic nitrogens is 1. The van der Waals surface area contributed by atoms with Crippen molar-refractivity contribution in [1.82, 2.24) is 4.98 Å². The lowest BCUT2D eigenvalue weighted by molar-refractivity contribution is 0.910. The van der Waals surface area contributed by atoms with E-state index in [9.17, 15) is 0 Å². The smallest absolute Gasteiger partial charge is 0.0932 e. The van der Waals surface area contributed by atoms with Gasteiger partial charge in [-0.15, -0.1) is 11.3 Å². The molecule has 0 atom stereocenters. The summed E-state index contributed by atoms with van der Waals surface area (Å²) in [4.78, 5) is 8.52. The summed E-state index contributed by atoms with van der Waals surface area (Å²) in [6.07, 6.45) is 2.19. The van der Waals surface area contributed by atoms with E-state index in [2.05, 4.69) is 39.7 Å². The Morgan fingerprint density at radius 3 is 2.76 bits per heavy atom. The second-order valence-electron chi connectivity index (χ2n) is 3.63. The molecule has 0 saturated heterocycles. The molecule has 0 radical (unpaired) electrons. The maximum Gasteiger partial charge on any atom is 0.0932 e. The molecule has 2 nitrogen and oxygen atoms in total. The normalized spacial score (nSPS) is 9.94. The average molecular weight is 260 g/mol. The number of aliphatic imine (C=N–C) groups is 1. The molecule has 0 fully saturated rings. The predicted molar refractivity (Wildman–Crippen MR) is 76.2 cm³/mol. The predicted octanol–water partition coefficient (Wildman–Crippen LogP) is 4.50. The lowest BCUT2D eigenvalue weighted by atomic mass is 10.1. The number of aryl methyl sites for hydroxylation is 1. The Balaban J connectivity index is 2.23. The fraction of sp³-hybridized carbons (Fsp3) is 0.231. The van der Waals surface area contributed by atoms with E-state index >= 15 is 0 Å². The molecule has 1 heterocycles. The first-order valence-electron chi connectivity index (χ1n) is 5.46. The molecular weight excluding hydrogens is 248 g/mol. The van der Waals surface area contributed by atoms with Crippen LogP contribution in [0.1, 0.15) is 18.4 Å². The molecule has 0 aliphatic heterocycles. The van der Waals surface area contributed by atoms with Crippen molar-refractivity contribution in [2.45, 2.75) is 19.8 Å². The van der Waals surface area contributed by atoms with Gasteiger partial charge in [0.15, 0.2) is 0 Å². The number of hydrogen-bond donors (Lipinski definition) is 0. The van der Waals surface area contributed by atoms with Crippen molar-refractivity contribution in [2.75, 3.05) is 0 Å².